The van der Waals surface area contributed by atoms with Crippen molar-refractivity contribution in [2.24, 2.45) is 5.92 Å². The molecule has 4 heteroatoms. The summed E-state index contributed by atoms with van der Waals surface area (Å²) in [5.74, 6) is -0.884. The molecule has 0 spiro atoms. The zero-order valence-corrected chi connectivity index (χ0v) is 5.95. The molecule has 50 valence electrons. The van der Waals surface area contributed by atoms with E-state index in [4.69, 9.17) is 0 Å². The van der Waals surface area contributed by atoms with Crippen molar-refractivity contribution in [2.75, 3.05) is 6.61 Å². The molecule has 0 aromatic carbocycles. The first-order valence-corrected chi connectivity index (χ1v) is 3.25. The summed E-state index contributed by atoms with van der Waals surface area (Å²) in [6.45, 7) is 0.393. The average Bonchev–Trinajstić information content (AvgIpc) is 2.13. The fourth-order valence-corrected chi connectivity index (χ4v) is 1.06. The number of esters is 1. The third kappa shape index (κ3) is 1.28. The van der Waals surface area contributed by atoms with Crippen molar-refractivity contribution in [1.29, 1.82) is 0 Å². The topological polar surface area (TPSA) is 43.4 Å². The average molecular weight is 146 g/mol. The fraction of sp³-hybridized carbons (Fsp3) is 0.600. The van der Waals surface area contributed by atoms with Crippen LogP contribution in [0.4, 0.5) is 0 Å². The van der Waals surface area contributed by atoms with Gasteiger partial charge in [0.15, 0.2) is 5.52 Å². The van der Waals surface area contributed by atoms with Gasteiger partial charge in [-0.3, -0.25) is 9.59 Å². The number of rotatable bonds is 1. The summed E-state index contributed by atoms with van der Waals surface area (Å²) in [5.41, 5.74) is -0.169. The summed E-state index contributed by atoms with van der Waals surface area (Å²) in [5, 5.41) is 0. The van der Waals surface area contributed by atoms with Crippen molar-refractivity contribution in [3.05, 3.63) is 0 Å². The summed E-state index contributed by atoms with van der Waals surface area (Å²) in [6, 6.07) is 0. The van der Waals surface area contributed by atoms with Crippen LogP contribution < -0.4 is 0 Å². The highest BCUT2D eigenvalue weighted by Crippen LogP contribution is 2.17. The zero-order valence-electron chi connectivity index (χ0n) is 4.79. The lowest BCUT2D eigenvalue weighted by molar-refractivity contribution is -0.142. The molecule has 2 unspecified atom stereocenters. The van der Waals surface area contributed by atoms with E-state index < -0.39 is 5.92 Å². The predicted molar refractivity (Wildman–Crippen MR) is 33.8 cm³/mol. The molecule has 0 aromatic heterocycles. The maximum atomic E-state index is 10.6. The Morgan fingerprint density at radius 2 is 2.44 bits per heavy atom. The van der Waals surface area contributed by atoms with E-state index in [1.165, 1.54) is 0 Å². The maximum Gasteiger partial charge on any atom is 0.316 e. The molecule has 1 rings (SSSR count). The van der Waals surface area contributed by atoms with Crippen molar-refractivity contribution in [3.63, 3.8) is 0 Å². The molecule has 1 saturated heterocycles. The highest BCUT2D eigenvalue weighted by atomic mass is 31.0. The second kappa shape index (κ2) is 2.44. The molecule has 9 heavy (non-hydrogen) atoms. The van der Waals surface area contributed by atoms with E-state index in [1.807, 2.05) is 9.24 Å². The second-order valence-electron chi connectivity index (χ2n) is 1.91. The van der Waals surface area contributed by atoms with Gasteiger partial charge in [0.1, 0.15) is 5.92 Å². The van der Waals surface area contributed by atoms with Crippen LogP contribution in [0.15, 0.2) is 0 Å². The Morgan fingerprint density at radius 3 is 2.67 bits per heavy atom. The predicted octanol–water partition coefficient (Wildman–Crippen LogP) is -0.0488. The van der Waals surface area contributed by atoms with Gasteiger partial charge in [-0.2, -0.15) is 0 Å². The minimum Gasteiger partial charge on any atom is -0.465 e. The van der Waals surface area contributed by atoms with E-state index in [1.54, 1.807) is 0 Å². The first kappa shape index (κ1) is 6.69. The van der Waals surface area contributed by atoms with Crippen LogP contribution >= 0.6 is 9.24 Å². The van der Waals surface area contributed by atoms with Crippen molar-refractivity contribution in [1.82, 2.24) is 0 Å². The van der Waals surface area contributed by atoms with E-state index in [0.717, 1.165) is 0 Å². The molecule has 1 aliphatic heterocycles. The molecule has 1 heterocycles. The van der Waals surface area contributed by atoms with Crippen molar-refractivity contribution >= 4 is 20.7 Å². The summed E-state index contributed by atoms with van der Waals surface area (Å²) < 4.78 is 4.55. The van der Waals surface area contributed by atoms with Gasteiger partial charge in [0.2, 0.25) is 0 Å². The van der Waals surface area contributed by atoms with Crippen molar-refractivity contribution in [3.8, 4) is 0 Å². The van der Waals surface area contributed by atoms with E-state index >= 15 is 0 Å². The van der Waals surface area contributed by atoms with Gasteiger partial charge < -0.3 is 4.74 Å². The zero-order chi connectivity index (χ0) is 6.85. The molecular weight excluding hydrogens is 139 g/mol. The van der Waals surface area contributed by atoms with Gasteiger partial charge >= 0.3 is 5.97 Å². The fourth-order valence-electron chi connectivity index (χ4n) is 0.754. The van der Waals surface area contributed by atoms with Gasteiger partial charge in [-0.1, -0.05) is 9.24 Å². The minimum absolute atomic E-state index is 0.169. The van der Waals surface area contributed by atoms with E-state index in [0.29, 0.717) is 13.0 Å². The molecule has 0 N–H and O–H groups in total. The first-order valence-electron chi connectivity index (χ1n) is 2.68. The third-order valence-electron chi connectivity index (χ3n) is 1.28. The van der Waals surface area contributed by atoms with Gasteiger partial charge in [0, 0.05) is 6.42 Å². The van der Waals surface area contributed by atoms with Crippen LogP contribution in [-0.4, -0.2) is 18.1 Å². The second-order valence-corrected chi connectivity index (χ2v) is 2.48. The molecule has 3 nitrogen and oxygen atoms in total. The molecule has 0 amide bonds. The van der Waals surface area contributed by atoms with Crippen LogP contribution in [0.1, 0.15) is 6.42 Å². The van der Waals surface area contributed by atoms with Gasteiger partial charge in [0.05, 0.1) is 6.61 Å². The molecule has 1 aliphatic rings. The Hall–Kier alpha value is -0.430. The number of cyclic esters (lactones) is 1. The van der Waals surface area contributed by atoms with Crippen LogP contribution in [0.2, 0.25) is 0 Å². The van der Waals surface area contributed by atoms with Crippen LogP contribution in [0.25, 0.3) is 0 Å². The standard InChI is InChI=1S/C5H7O3P/c6-4-3(5(7)9)1-2-8-4/h3H,1-2,9H2. The molecular formula is C5H7O3P. The van der Waals surface area contributed by atoms with Crippen LogP contribution in [0, 0.1) is 5.92 Å². The minimum atomic E-state index is -0.505. The van der Waals surface area contributed by atoms with Gasteiger partial charge in [-0.05, 0) is 0 Å². The SMILES string of the molecule is O=C(P)C1CCOC1=O. The van der Waals surface area contributed by atoms with E-state index in [2.05, 4.69) is 4.74 Å². The Kier molecular flexibility index (Phi) is 1.81. The molecule has 0 radical (unpaired) electrons. The summed E-state index contributed by atoms with van der Waals surface area (Å²) in [4.78, 5) is 21.1. The smallest absolute Gasteiger partial charge is 0.316 e. The van der Waals surface area contributed by atoms with E-state index in [-0.39, 0.29) is 11.5 Å². The normalized spacial score (nSPS) is 25.9. The lowest BCUT2D eigenvalue weighted by atomic mass is 10.1. The molecule has 0 aromatic rings. The molecule has 0 aliphatic carbocycles. The number of carbonyl (C=O) groups excluding carboxylic acids is 2. The quantitative estimate of drug-likeness (QED) is 0.296. The molecule has 1 fully saturated rings. The number of carbonyl (C=O) groups is 2. The largest absolute Gasteiger partial charge is 0.465 e. The van der Waals surface area contributed by atoms with Gasteiger partial charge in [-0.15, -0.1) is 0 Å². The first-order chi connectivity index (χ1) is 4.22. The van der Waals surface area contributed by atoms with Crippen LogP contribution in [0.5, 0.6) is 0 Å². The summed E-state index contributed by atoms with van der Waals surface area (Å²) in [7, 11) is 1.99. The lowest BCUT2D eigenvalue weighted by Crippen LogP contribution is -2.13. The lowest BCUT2D eigenvalue weighted by Gasteiger charge is -1.95. The molecule has 2 atom stereocenters. The third-order valence-corrected chi connectivity index (χ3v) is 1.68. The highest BCUT2D eigenvalue weighted by Gasteiger charge is 2.30. The number of hydrogen-bond donors (Lipinski definition) is 0. The Labute approximate surface area is 55.0 Å². The van der Waals surface area contributed by atoms with Gasteiger partial charge in [0.25, 0.3) is 0 Å². The molecule has 0 bridgehead atoms. The Balaban J connectivity index is 2.60. The van der Waals surface area contributed by atoms with E-state index in [9.17, 15) is 9.59 Å². The molecule has 0 saturated carbocycles. The maximum absolute atomic E-state index is 10.6. The van der Waals surface area contributed by atoms with Crippen molar-refractivity contribution in [2.45, 2.75) is 6.42 Å². The van der Waals surface area contributed by atoms with Crippen LogP contribution in [-0.2, 0) is 14.3 Å². The summed E-state index contributed by atoms with van der Waals surface area (Å²) in [6.07, 6.45) is 0.543. The Bertz CT molecular complexity index is 154. The van der Waals surface area contributed by atoms with Crippen LogP contribution in [0.3, 0.4) is 0 Å². The van der Waals surface area contributed by atoms with Gasteiger partial charge in [-0.25, -0.2) is 0 Å². The number of ether oxygens (including phenoxy) is 1. The number of hydrogen-bond acceptors (Lipinski definition) is 3. The monoisotopic (exact) mass is 146 g/mol. The summed E-state index contributed by atoms with van der Waals surface area (Å²) >= 11 is 0. The van der Waals surface area contributed by atoms with Crippen molar-refractivity contribution < 1.29 is 14.3 Å². The highest BCUT2D eigenvalue weighted by molar-refractivity contribution is 7.40. The Morgan fingerprint density at radius 1 is 1.78 bits per heavy atom.